The summed E-state index contributed by atoms with van der Waals surface area (Å²) in [5, 5.41) is 3.04. The molecular formula is C20H29N3O2. The Morgan fingerprint density at radius 3 is 2.16 bits per heavy atom. The summed E-state index contributed by atoms with van der Waals surface area (Å²) in [6, 6.07) is 8.15. The lowest BCUT2D eigenvalue weighted by Crippen LogP contribution is -2.43. The van der Waals surface area contributed by atoms with E-state index >= 15 is 0 Å². The topological polar surface area (TPSA) is 52.7 Å². The van der Waals surface area contributed by atoms with Crippen molar-refractivity contribution >= 4 is 23.2 Å². The SMILES string of the molecule is CC(C)C(=O)N1CCC(C(=O)Nc2ccc(N3CCCC3)cc2)CC1. The molecule has 0 unspecified atom stereocenters. The highest BCUT2D eigenvalue weighted by Gasteiger charge is 2.28. The van der Waals surface area contributed by atoms with E-state index in [-0.39, 0.29) is 23.7 Å². The molecule has 25 heavy (non-hydrogen) atoms. The zero-order chi connectivity index (χ0) is 17.8. The number of hydrogen-bond acceptors (Lipinski definition) is 3. The maximum absolute atomic E-state index is 12.5. The first-order valence-electron chi connectivity index (χ1n) is 9.49. The summed E-state index contributed by atoms with van der Waals surface area (Å²) in [7, 11) is 0. The number of anilines is 2. The van der Waals surface area contributed by atoms with E-state index < -0.39 is 0 Å². The Balaban J connectivity index is 1.50. The minimum Gasteiger partial charge on any atom is -0.372 e. The Hall–Kier alpha value is -2.04. The zero-order valence-corrected chi connectivity index (χ0v) is 15.3. The molecular weight excluding hydrogens is 314 g/mol. The minimum absolute atomic E-state index is 0.00512. The maximum Gasteiger partial charge on any atom is 0.227 e. The number of hydrogen-bond donors (Lipinski definition) is 1. The van der Waals surface area contributed by atoms with Crippen LogP contribution in [0.1, 0.15) is 39.5 Å². The van der Waals surface area contributed by atoms with Crippen LogP contribution < -0.4 is 10.2 Å². The lowest BCUT2D eigenvalue weighted by atomic mass is 9.95. The van der Waals surface area contributed by atoms with E-state index in [9.17, 15) is 9.59 Å². The van der Waals surface area contributed by atoms with Crippen LogP contribution in [-0.2, 0) is 9.59 Å². The molecule has 0 aromatic heterocycles. The largest absolute Gasteiger partial charge is 0.372 e. The number of benzene rings is 1. The van der Waals surface area contributed by atoms with Crippen LogP contribution in [0.4, 0.5) is 11.4 Å². The second-order valence-electron chi connectivity index (χ2n) is 7.48. The van der Waals surface area contributed by atoms with Gasteiger partial charge in [-0.25, -0.2) is 0 Å². The van der Waals surface area contributed by atoms with Crippen molar-refractivity contribution in [3.8, 4) is 0 Å². The standard InChI is InChI=1S/C20H29N3O2/c1-15(2)20(25)23-13-9-16(10-14-23)19(24)21-17-5-7-18(8-6-17)22-11-3-4-12-22/h5-8,15-16H,3-4,9-14H2,1-2H3,(H,21,24). The van der Waals surface area contributed by atoms with E-state index in [1.807, 2.05) is 30.9 Å². The van der Waals surface area contributed by atoms with E-state index in [1.54, 1.807) is 0 Å². The molecule has 2 saturated heterocycles. The smallest absolute Gasteiger partial charge is 0.227 e. The van der Waals surface area contributed by atoms with Gasteiger partial charge in [0.05, 0.1) is 0 Å². The van der Waals surface area contributed by atoms with Crippen molar-refractivity contribution in [2.24, 2.45) is 11.8 Å². The summed E-state index contributed by atoms with van der Waals surface area (Å²) in [6.45, 7) is 7.46. The molecule has 2 aliphatic rings. The number of amides is 2. The molecule has 0 atom stereocenters. The highest BCUT2D eigenvalue weighted by Crippen LogP contribution is 2.24. The van der Waals surface area contributed by atoms with Gasteiger partial charge in [-0.2, -0.15) is 0 Å². The maximum atomic E-state index is 12.5. The zero-order valence-electron chi connectivity index (χ0n) is 15.3. The number of carbonyl (C=O) groups is 2. The summed E-state index contributed by atoms with van der Waals surface area (Å²) in [4.78, 5) is 28.8. The third kappa shape index (κ3) is 4.33. The number of likely N-dealkylation sites (tertiary alicyclic amines) is 1. The molecule has 0 saturated carbocycles. The highest BCUT2D eigenvalue weighted by atomic mass is 16.2. The number of carbonyl (C=O) groups excluding carboxylic acids is 2. The first-order valence-corrected chi connectivity index (χ1v) is 9.49. The monoisotopic (exact) mass is 343 g/mol. The van der Waals surface area contributed by atoms with Crippen LogP contribution in [-0.4, -0.2) is 42.9 Å². The van der Waals surface area contributed by atoms with Gasteiger partial charge in [0, 0.05) is 49.4 Å². The van der Waals surface area contributed by atoms with Crippen LogP contribution >= 0.6 is 0 Å². The normalized spacial score (nSPS) is 18.7. The molecule has 2 fully saturated rings. The fourth-order valence-corrected chi connectivity index (χ4v) is 3.70. The van der Waals surface area contributed by atoms with Gasteiger partial charge in [-0.3, -0.25) is 9.59 Å². The fourth-order valence-electron chi connectivity index (χ4n) is 3.70. The van der Waals surface area contributed by atoms with Crippen LogP contribution in [0.3, 0.4) is 0 Å². The Labute approximate surface area is 150 Å². The fraction of sp³-hybridized carbons (Fsp3) is 0.600. The third-order valence-corrected chi connectivity index (χ3v) is 5.28. The van der Waals surface area contributed by atoms with E-state index in [0.717, 1.165) is 31.6 Å². The Morgan fingerprint density at radius 1 is 1.00 bits per heavy atom. The summed E-state index contributed by atoms with van der Waals surface area (Å²) in [6.07, 6.45) is 4.01. The molecule has 5 nitrogen and oxygen atoms in total. The van der Waals surface area contributed by atoms with Crippen LogP contribution in [0.5, 0.6) is 0 Å². The molecule has 0 aliphatic carbocycles. The molecule has 2 heterocycles. The Kier molecular flexibility index (Phi) is 5.61. The van der Waals surface area contributed by atoms with Crippen molar-refractivity contribution < 1.29 is 9.59 Å². The van der Waals surface area contributed by atoms with E-state index in [1.165, 1.54) is 18.5 Å². The number of nitrogens with zero attached hydrogens (tertiary/aromatic N) is 2. The second-order valence-corrected chi connectivity index (χ2v) is 7.48. The molecule has 2 amide bonds. The van der Waals surface area contributed by atoms with Crippen LogP contribution in [0, 0.1) is 11.8 Å². The van der Waals surface area contributed by atoms with E-state index in [2.05, 4.69) is 22.3 Å². The van der Waals surface area contributed by atoms with Gasteiger partial charge in [0.2, 0.25) is 11.8 Å². The molecule has 0 radical (unpaired) electrons. The van der Waals surface area contributed by atoms with Crippen molar-refractivity contribution in [2.45, 2.75) is 39.5 Å². The van der Waals surface area contributed by atoms with Crippen molar-refractivity contribution in [1.29, 1.82) is 0 Å². The molecule has 0 spiro atoms. The van der Waals surface area contributed by atoms with Crippen molar-refractivity contribution in [3.63, 3.8) is 0 Å². The van der Waals surface area contributed by atoms with Gasteiger partial charge < -0.3 is 15.1 Å². The van der Waals surface area contributed by atoms with Crippen molar-refractivity contribution in [2.75, 3.05) is 36.4 Å². The van der Waals surface area contributed by atoms with Gasteiger partial charge >= 0.3 is 0 Å². The highest BCUT2D eigenvalue weighted by molar-refractivity contribution is 5.93. The minimum atomic E-state index is -0.00512. The molecule has 0 bridgehead atoms. The second kappa shape index (κ2) is 7.89. The van der Waals surface area contributed by atoms with Crippen molar-refractivity contribution in [1.82, 2.24) is 4.90 Å². The average molecular weight is 343 g/mol. The Bertz CT molecular complexity index is 598. The Morgan fingerprint density at radius 2 is 1.60 bits per heavy atom. The van der Waals surface area contributed by atoms with Gasteiger partial charge in [0.1, 0.15) is 0 Å². The van der Waals surface area contributed by atoms with Gasteiger partial charge in [-0.05, 0) is 49.9 Å². The first kappa shape index (κ1) is 17.8. The van der Waals surface area contributed by atoms with Gasteiger partial charge in [-0.1, -0.05) is 13.8 Å². The first-order chi connectivity index (χ1) is 12.0. The predicted octanol–water partition coefficient (Wildman–Crippen LogP) is 3.12. The predicted molar refractivity (Wildman–Crippen MR) is 101 cm³/mol. The summed E-state index contributed by atoms with van der Waals surface area (Å²) in [5.74, 6) is 0.288. The van der Waals surface area contributed by atoms with Crippen molar-refractivity contribution in [3.05, 3.63) is 24.3 Å². The molecule has 2 aliphatic heterocycles. The summed E-state index contributed by atoms with van der Waals surface area (Å²) < 4.78 is 0. The molecule has 136 valence electrons. The average Bonchev–Trinajstić information content (AvgIpc) is 3.16. The van der Waals surface area contributed by atoms with Crippen LogP contribution in [0.2, 0.25) is 0 Å². The lowest BCUT2D eigenvalue weighted by molar-refractivity contribution is -0.137. The van der Waals surface area contributed by atoms with E-state index in [4.69, 9.17) is 0 Å². The number of piperidine rings is 1. The molecule has 3 rings (SSSR count). The summed E-state index contributed by atoms with van der Waals surface area (Å²) >= 11 is 0. The van der Waals surface area contributed by atoms with Gasteiger partial charge in [0.25, 0.3) is 0 Å². The molecule has 1 aromatic carbocycles. The quantitative estimate of drug-likeness (QED) is 0.914. The van der Waals surface area contributed by atoms with Gasteiger partial charge in [-0.15, -0.1) is 0 Å². The molecule has 1 aromatic rings. The number of rotatable bonds is 4. The molecule has 5 heteroatoms. The lowest BCUT2D eigenvalue weighted by Gasteiger charge is -2.32. The van der Waals surface area contributed by atoms with Gasteiger partial charge in [0.15, 0.2) is 0 Å². The van der Waals surface area contributed by atoms with E-state index in [0.29, 0.717) is 13.1 Å². The molecule has 1 N–H and O–H groups in total. The van der Waals surface area contributed by atoms with Crippen LogP contribution in [0.25, 0.3) is 0 Å². The van der Waals surface area contributed by atoms with Crippen LogP contribution in [0.15, 0.2) is 24.3 Å². The third-order valence-electron chi connectivity index (χ3n) is 5.28. The summed E-state index contributed by atoms with van der Waals surface area (Å²) in [5.41, 5.74) is 2.09. The number of nitrogens with one attached hydrogen (secondary N) is 1.